The minimum atomic E-state index is -0.0603. The van der Waals surface area contributed by atoms with E-state index in [1.807, 2.05) is 45.3 Å². The summed E-state index contributed by atoms with van der Waals surface area (Å²) in [6, 6.07) is 3.93. The molecule has 8 nitrogen and oxygen atoms in total. The quantitative estimate of drug-likeness (QED) is 0.615. The molecule has 2 rings (SSSR count). The SMILES string of the molecule is CCCN(Cc1nnc(-c2cccs2)o1)C(=O)C[NH+](C)CC(=O)NC(C)C. The third-order valence-electron chi connectivity index (χ3n) is 3.74. The van der Waals surface area contributed by atoms with Crippen LogP contribution in [0.4, 0.5) is 0 Å². The van der Waals surface area contributed by atoms with E-state index in [1.165, 1.54) is 11.3 Å². The summed E-state index contributed by atoms with van der Waals surface area (Å²) < 4.78 is 5.69. The van der Waals surface area contributed by atoms with Crippen LogP contribution in [-0.2, 0) is 16.1 Å². The van der Waals surface area contributed by atoms with Crippen molar-refractivity contribution in [2.75, 3.05) is 26.7 Å². The van der Waals surface area contributed by atoms with E-state index < -0.39 is 0 Å². The lowest BCUT2D eigenvalue weighted by atomic mass is 10.3. The molecule has 148 valence electrons. The van der Waals surface area contributed by atoms with Crippen LogP contribution < -0.4 is 10.2 Å². The highest BCUT2D eigenvalue weighted by Gasteiger charge is 2.22. The third kappa shape index (κ3) is 6.76. The van der Waals surface area contributed by atoms with E-state index in [1.54, 1.807) is 4.90 Å². The van der Waals surface area contributed by atoms with E-state index in [0.717, 1.165) is 16.2 Å². The van der Waals surface area contributed by atoms with Gasteiger partial charge in [0.15, 0.2) is 13.1 Å². The number of aromatic nitrogens is 2. The molecule has 1 unspecified atom stereocenters. The maximum Gasteiger partial charge on any atom is 0.278 e. The van der Waals surface area contributed by atoms with Crippen LogP contribution >= 0.6 is 11.3 Å². The normalized spacial score (nSPS) is 12.2. The van der Waals surface area contributed by atoms with Gasteiger partial charge in [-0.25, -0.2) is 0 Å². The summed E-state index contributed by atoms with van der Waals surface area (Å²) in [7, 11) is 1.84. The Kier molecular flexibility index (Phi) is 7.93. The van der Waals surface area contributed by atoms with E-state index in [0.29, 0.717) is 18.3 Å². The van der Waals surface area contributed by atoms with E-state index in [4.69, 9.17) is 4.42 Å². The lowest BCUT2D eigenvalue weighted by Crippen LogP contribution is -3.11. The molecular formula is C18H28N5O3S+. The number of amides is 2. The summed E-state index contributed by atoms with van der Waals surface area (Å²) in [5.74, 6) is 0.782. The Morgan fingerprint density at radius 3 is 2.74 bits per heavy atom. The molecule has 0 saturated carbocycles. The number of nitrogens with one attached hydrogen (secondary N) is 2. The molecule has 0 fully saturated rings. The van der Waals surface area contributed by atoms with Gasteiger partial charge in [0.05, 0.1) is 18.5 Å². The van der Waals surface area contributed by atoms with Crippen molar-refractivity contribution in [3.8, 4) is 10.8 Å². The summed E-state index contributed by atoms with van der Waals surface area (Å²) >= 11 is 1.52. The van der Waals surface area contributed by atoms with Crippen LogP contribution in [0.25, 0.3) is 10.8 Å². The second-order valence-electron chi connectivity index (χ2n) is 6.83. The first-order chi connectivity index (χ1) is 12.9. The molecule has 0 bridgehead atoms. The number of likely N-dealkylation sites (N-methyl/N-ethyl adjacent to an activating group) is 1. The van der Waals surface area contributed by atoms with Crippen LogP contribution in [-0.4, -0.2) is 59.6 Å². The number of carbonyl (C=O) groups is 2. The van der Waals surface area contributed by atoms with Gasteiger partial charge in [-0.2, -0.15) is 0 Å². The molecule has 9 heteroatoms. The predicted octanol–water partition coefficient (Wildman–Crippen LogP) is 0.576. The minimum absolute atomic E-state index is 0.0393. The van der Waals surface area contributed by atoms with Gasteiger partial charge in [0.2, 0.25) is 5.89 Å². The number of quaternary nitrogens is 1. The smallest absolute Gasteiger partial charge is 0.278 e. The summed E-state index contributed by atoms with van der Waals surface area (Å²) in [6.45, 7) is 7.20. The van der Waals surface area contributed by atoms with Crippen molar-refractivity contribution in [3.05, 3.63) is 23.4 Å². The van der Waals surface area contributed by atoms with Gasteiger partial charge in [-0.3, -0.25) is 9.59 Å². The molecule has 2 aromatic rings. The van der Waals surface area contributed by atoms with Crippen LogP contribution in [0.1, 0.15) is 33.1 Å². The van der Waals surface area contributed by atoms with Gasteiger partial charge in [-0.15, -0.1) is 21.5 Å². The Bertz CT molecular complexity index is 729. The first-order valence-electron chi connectivity index (χ1n) is 9.13. The fraction of sp³-hybridized carbons (Fsp3) is 0.556. The fourth-order valence-electron chi connectivity index (χ4n) is 2.62. The summed E-state index contributed by atoms with van der Waals surface area (Å²) in [5.41, 5.74) is 0. The zero-order valence-electron chi connectivity index (χ0n) is 16.3. The Balaban J connectivity index is 1.93. The van der Waals surface area contributed by atoms with E-state index in [2.05, 4.69) is 15.5 Å². The van der Waals surface area contributed by atoms with Crippen molar-refractivity contribution in [1.29, 1.82) is 0 Å². The summed E-state index contributed by atoms with van der Waals surface area (Å²) in [5, 5.41) is 12.9. The standard InChI is InChI=1S/C18H27N5O3S/c1-5-8-23(17(25)12-22(4)10-15(24)19-13(2)3)11-16-20-21-18(26-16)14-7-6-9-27-14/h6-7,9,13H,5,8,10-12H2,1-4H3,(H,19,24)/p+1. The maximum absolute atomic E-state index is 12.7. The number of hydrogen-bond donors (Lipinski definition) is 2. The Morgan fingerprint density at radius 1 is 1.33 bits per heavy atom. The third-order valence-corrected chi connectivity index (χ3v) is 4.59. The molecule has 0 radical (unpaired) electrons. The Morgan fingerprint density at radius 2 is 2.11 bits per heavy atom. The molecule has 0 aliphatic carbocycles. The number of rotatable bonds is 10. The van der Waals surface area contributed by atoms with Gasteiger partial charge in [0.25, 0.3) is 17.7 Å². The van der Waals surface area contributed by atoms with Crippen LogP contribution in [0.2, 0.25) is 0 Å². The van der Waals surface area contributed by atoms with Crippen molar-refractivity contribution >= 4 is 23.2 Å². The van der Waals surface area contributed by atoms with Gasteiger partial charge < -0.3 is 19.5 Å². The molecule has 1 atom stereocenters. The Labute approximate surface area is 163 Å². The van der Waals surface area contributed by atoms with Crippen molar-refractivity contribution in [2.24, 2.45) is 0 Å². The number of carbonyl (C=O) groups excluding carboxylic acids is 2. The maximum atomic E-state index is 12.7. The van der Waals surface area contributed by atoms with Gasteiger partial charge in [0, 0.05) is 12.6 Å². The molecule has 0 spiro atoms. The zero-order valence-corrected chi connectivity index (χ0v) is 17.1. The van der Waals surface area contributed by atoms with Crippen LogP contribution in [0, 0.1) is 0 Å². The van der Waals surface area contributed by atoms with Gasteiger partial charge in [0.1, 0.15) is 0 Å². The first-order valence-corrected chi connectivity index (χ1v) is 10.0. The van der Waals surface area contributed by atoms with E-state index >= 15 is 0 Å². The average molecular weight is 395 g/mol. The molecule has 0 saturated heterocycles. The second kappa shape index (κ2) is 10.2. The summed E-state index contributed by atoms with van der Waals surface area (Å²) in [6.07, 6.45) is 0.824. The van der Waals surface area contributed by atoms with Crippen LogP contribution in [0.5, 0.6) is 0 Å². The lowest BCUT2D eigenvalue weighted by molar-refractivity contribution is -0.863. The van der Waals surface area contributed by atoms with Gasteiger partial charge >= 0.3 is 0 Å². The molecule has 2 N–H and O–H groups in total. The highest BCUT2D eigenvalue weighted by molar-refractivity contribution is 7.13. The number of thiophene rings is 1. The lowest BCUT2D eigenvalue weighted by Gasteiger charge is -2.22. The van der Waals surface area contributed by atoms with Crippen molar-refractivity contribution < 1.29 is 18.9 Å². The van der Waals surface area contributed by atoms with Crippen molar-refractivity contribution in [3.63, 3.8) is 0 Å². The number of hydrogen-bond acceptors (Lipinski definition) is 6. The molecule has 2 amide bonds. The highest BCUT2D eigenvalue weighted by atomic mass is 32.1. The van der Waals surface area contributed by atoms with E-state index in [-0.39, 0.29) is 37.5 Å². The molecule has 2 heterocycles. The molecule has 0 aliphatic rings. The molecule has 27 heavy (non-hydrogen) atoms. The van der Waals surface area contributed by atoms with E-state index in [9.17, 15) is 9.59 Å². The summed E-state index contributed by atoms with van der Waals surface area (Å²) in [4.78, 5) is 28.0. The van der Waals surface area contributed by atoms with Crippen LogP contribution in [0.15, 0.2) is 21.9 Å². The second-order valence-corrected chi connectivity index (χ2v) is 7.77. The van der Waals surface area contributed by atoms with Gasteiger partial charge in [-0.1, -0.05) is 13.0 Å². The minimum Gasteiger partial charge on any atom is -0.418 e. The molecule has 0 aromatic carbocycles. The average Bonchev–Trinajstić information content (AvgIpc) is 3.24. The largest absolute Gasteiger partial charge is 0.418 e. The fourth-order valence-corrected chi connectivity index (χ4v) is 3.27. The molecule has 0 aliphatic heterocycles. The Hall–Kier alpha value is -2.26. The molecular weight excluding hydrogens is 366 g/mol. The first kappa shape index (κ1) is 21.0. The van der Waals surface area contributed by atoms with Crippen molar-refractivity contribution in [1.82, 2.24) is 20.4 Å². The molecule has 2 aromatic heterocycles. The topological polar surface area (TPSA) is 92.8 Å². The van der Waals surface area contributed by atoms with Gasteiger partial charge in [-0.05, 0) is 31.7 Å². The number of nitrogens with zero attached hydrogens (tertiary/aromatic N) is 3. The highest BCUT2D eigenvalue weighted by Crippen LogP contribution is 2.23. The van der Waals surface area contributed by atoms with Crippen molar-refractivity contribution in [2.45, 2.75) is 39.8 Å². The predicted molar refractivity (Wildman–Crippen MR) is 103 cm³/mol. The zero-order chi connectivity index (χ0) is 19.8. The monoisotopic (exact) mass is 394 g/mol. The van der Waals surface area contributed by atoms with Crippen LogP contribution in [0.3, 0.4) is 0 Å².